The molecule has 0 saturated carbocycles. The van der Waals surface area contributed by atoms with E-state index in [1.165, 1.54) is 0 Å². The summed E-state index contributed by atoms with van der Waals surface area (Å²) in [4.78, 5) is 24.9. The second kappa shape index (κ2) is 10.4. The van der Waals surface area contributed by atoms with Crippen LogP contribution in [0, 0.1) is 0 Å². The normalized spacial score (nSPS) is 15.8. The van der Waals surface area contributed by atoms with E-state index in [9.17, 15) is 9.59 Å². The standard InChI is InChI=1S/C24H27ClN2O5/c1-5-30-20-12-16(10-11-19(20)31-13-17-8-6-7-9-18(17)25)22-21(23(28)32-14(2)3)15(4)26-24(29)27-22/h6-12,14,22H,5,13H2,1-4H3,(H2,26,27,29). The second-order valence-electron chi connectivity index (χ2n) is 7.54. The van der Waals surface area contributed by atoms with Crippen LogP contribution in [-0.2, 0) is 16.1 Å². The lowest BCUT2D eigenvalue weighted by molar-refractivity contribution is -0.143. The van der Waals surface area contributed by atoms with E-state index >= 15 is 0 Å². The maximum absolute atomic E-state index is 12.7. The molecule has 2 N–H and O–H groups in total. The highest BCUT2D eigenvalue weighted by Gasteiger charge is 2.33. The van der Waals surface area contributed by atoms with Crippen molar-refractivity contribution in [3.05, 3.63) is 69.9 Å². The zero-order valence-corrected chi connectivity index (χ0v) is 19.3. The number of rotatable bonds is 8. The Bertz CT molecular complexity index is 1030. The van der Waals surface area contributed by atoms with Crippen LogP contribution in [0.2, 0.25) is 5.02 Å². The minimum atomic E-state index is -0.688. The van der Waals surface area contributed by atoms with Gasteiger partial charge < -0.3 is 24.8 Å². The number of benzene rings is 2. The van der Waals surface area contributed by atoms with Crippen LogP contribution < -0.4 is 20.1 Å². The molecule has 1 atom stereocenters. The first kappa shape index (κ1) is 23.5. The number of amides is 2. The maximum atomic E-state index is 12.7. The van der Waals surface area contributed by atoms with Gasteiger partial charge in [-0.3, -0.25) is 0 Å². The highest BCUT2D eigenvalue weighted by Crippen LogP contribution is 2.35. The molecule has 1 aliphatic heterocycles. The summed E-state index contributed by atoms with van der Waals surface area (Å²) in [6, 6.07) is 11.7. The molecule has 3 rings (SSSR count). The Kier molecular flexibility index (Phi) is 7.64. The predicted octanol–water partition coefficient (Wildman–Crippen LogP) is 4.90. The first-order valence-corrected chi connectivity index (χ1v) is 10.8. The molecule has 170 valence electrons. The van der Waals surface area contributed by atoms with Gasteiger partial charge in [0.15, 0.2) is 11.5 Å². The van der Waals surface area contributed by atoms with Gasteiger partial charge in [0.1, 0.15) is 6.61 Å². The Morgan fingerprint density at radius 1 is 1.12 bits per heavy atom. The topological polar surface area (TPSA) is 85.9 Å². The third kappa shape index (κ3) is 5.53. The van der Waals surface area contributed by atoms with E-state index < -0.39 is 18.0 Å². The maximum Gasteiger partial charge on any atom is 0.338 e. The molecule has 2 amide bonds. The number of hydrogen-bond acceptors (Lipinski definition) is 5. The zero-order valence-electron chi connectivity index (χ0n) is 18.5. The molecule has 1 heterocycles. The number of ether oxygens (including phenoxy) is 3. The van der Waals surface area contributed by atoms with Crippen LogP contribution in [-0.4, -0.2) is 24.7 Å². The third-order valence-electron chi connectivity index (χ3n) is 4.77. The van der Waals surface area contributed by atoms with Gasteiger partial charge in [0.2, 0.25) is 0 Å². The van der Waals surface area contributed by atoms with Crippen molar-refractivity contribution in [1.29, 1.82) is 0 Å². The minimum absolute atomic E-state index is 0.272. The van der Waals surface area contributed by atoms with Gasteiger partial charge in [-0.05, 0) is 51.5 Å². The highest BCUT2D eigenvalue weighted by atomic mass is 35.5. The number of halogens is 1. The Balaban J connectivity index is 1.91. The van der Waals surface area contributed by atoms with Crippen molar-refractivity contribution in [1.82, 2.24) is 10.6 Å². The molecule has 0 saturated heterocycles. The number of urea groups is 1. The number of hydrogen-bond donors (Lipinski definition) is 2. The molecule has 0 spiro atoms. The Morgan fingerprint density at radius 3 is 2.56 bits per heavy atom. The lowest BCUT2D eigenvalue weighted by Gasteiger charge is -2.29. The first-order chi connectivity index (χ1) is 15.3. The van der Waals surface area contributed by atoms with Crippen molar-refractivity contribution in [2.24, 2.45) is 0 Å². The fourth-order valence-corrected chi connectivity index (χ4v) is 3.54. The molecular weight excluding hydrogens is 432 g/mol. The summed E-state index contributed by atoms with van der Waals surface area (Å²) in [5.74, 6) is 0.536. The van der Waals surface area contributed by atoms with Gasteiger partial charge in [0.25, 0.3) is 0 Å². The van der Waals surface area contributed by atoms with Crippen LogP contribution in [0.15, 0.2) is 53.7 Å². The molecule has 1 unspecified atom stereocenters. The smallest absolute Gasteiger partial charge is 0.338 e. The lowest BCUT2D eigenvalue weighted by atomic mass is 9.95. The molecule has 0 fully saturated rings. The molecular formula is C24H27ClN2O5. The van der Waals surface area contributed by atoms with Crippen LogP contribution in [0.1, 0.15) is 44.9 Å². The van der Waals surface area contributed by atoms with Crippen LogP contribution in [0.3, 0.4) is 0 Å². The number of carbonyl (C=O) groups is 2. The van der Waals surface area contributed by atoms with Crippen LogP contribution in [0.5, 0.6) is 11.5 Å². The summed E-state index contributed by atoms with van der Waals surface area (Å²) < 4.78 is 17.1. The van der Waals surface area contributed by atoms with Crippen molar-refractivity contribution < 1.29 is 23.8 Å². The average Bonchev–Trinajstić information content (AvgIpc) is 2.73. The van der Waals surface area contributed by atoms with E-state index in [1.54, 1.807) is 45.0 Å². The van der Waals surface area contributed by atoms with Gasteiger partial charge >= 0.3 is 12.0 Å². The summed E-state index contributed by atoms with van der Waals surface area (Å²) in [5.41, 5.74) is 2.30. The quantitative estimate of drug-likeness (QED) is 0.549. The van der Waals surface area contributed by atoms with Gasteiger partial charge in [-0.2, -0.15) is 0 Å². The zero-order chi connectivity index (χ0) is 23.3. The molecule has 8 heteroatoms. The largest absolute Gasteiger partial charge is 0.490 e. The molecule has 2 aromatic rings. The van der Waals surface area contributed by atoms with E-state index in [-0.39, 0.29) is 12.7 Å². The van der Waals surface area contributed by atoms with Gasteiger partial charge in [0.05, 0.1) is 24.3 Å². The van der Waals surface area contributed by atoms with E-state index in [0.29, 0.717) is 40.0 Å². The Labute approximate surface area is 192 Å². The van der Waals surface area contributed by atoms with Crippen molar-refractivity contribution in [2.75, 3.05) is 6.61 Å². The summed E-state index contributed by atoms with van der Waals surface area (Å²) >= 11 is 6.22. The lowest BCUT2D eigenvalue weighted by Crippen LogP contribution is -2.45. The van der Waals surface area contributed by atoms with Crippen molar-refractivity contribution >= 4 is 23.6 Å². The molecule has 0 aromatic heterocycles. The van der Waals surface area contributed by atoms with E-state index in [4.69, 9.17) is 25.8 Å². The summed E-state index contributed by atoms with van der Waals surface area (Å²) in [6.45, 7) is 7.78. The van der Waals surface area contributed by atoms with E-state index in [0.717, 1.165) is 5.56 Å². The number of carbonyl (C=O) groups excluding carboxylic acids is 2. The van der Waals surface area contributed by atoms with Crippen LogP contribution in [0.4, 0.5) is 4.79 Å². The SMILES string of the molecule is CCOc1cc(C2NC(=O)NC(C)=C2C(=O)OC(C)C)ccc1OCc1ccccc1Cl. The summed E-state index contributed by atoms with van der Waals surface area (Å²) in [5, 5.41) is 6.06. The fraction of sp³-hybridized carbons (Fsp3) is 0.333. The molecule has 0 radical (unpaired) electrons. The minimum Gasteiger partial charge on any atom is -0.490 e. The monoisotopic (exact) mass is 458 g/mol. The molecule has 7 nitrogen and oxygen atoms in total. The van der Waals surface area contributed by atoms with Gasteiger partial charge in [-0.1, -0.05) is 35.9 Å². The predicted molar refractivity (Wildman–Crippen MR) is 122 cm³/mol. The van der Waals surface area contributed by atoms with Gasteiger partial charge in [-0.15, -0.1) is 0 Å². The number of allylic oxidation sites excluding steroid dienone is 1. The summed E-state index contributed by atoms with van der Waals surface area (Å²) in [6.07, 6.45) is -0.291. The molecule has 0 aliphatic carbocycles. The van der Waals surface area contributed by atoms with Crippen molar-refractivity contribution in [3.63, 3.8) is 0 Å². The van der Waals surface area contributed by atoms with Crippen LogP contribution >= 0.6 is 11.6 Å². The highest BCUT2D eigenvalue weighted by molar-refractivity contribution is 6.31. The Morgan fingerprint density at radius 2 is 1.88 bits per heavy atom. The van der Waals surface area contributed by atoms with Crippen molar-refractivity contribution in [3.8, 4) is 11.5 Å². The Hall–Kier alpha value is -3.19. The van der Waals surface area contributed by atoms with E-state index in [1.807, 2.05) is 25.1 Å². The number of esters is 1. The van der Waals surface area contributed by atoms with Crippen LogP contribution in [0.25, 0.3) is 0 Å². The van der Waals surface area contributed by atoms with Crippen molar-refractivity contribution in [2.45, 2.75) is 46.4 Å². The molecule has 2 aromatic carbocycles. The second-order valence-corrected chi connectivity index (χ2v) is 7.95. The van der Waals surface area contributed by atoms with Gasteiger partial charge in [0, 0.05) is 16.3 Å². The molecule has 1 aliphatic rings. The van der Waals surface area contributed by atoms with E-state index in [2.05, 4.69) is 10.6 Å². The number of nitrogens with one attached hydrogen (secondary N) is 2. The molecule has 0 bridgehead atoms. The third-order valence-corrected chi connectivity index (χ3v) is 5.14. The first-order valence-electron chi connectivity index (χ1n) is 10.4. The fourth-order valence-electron chi connectivity index (χ4n) is 3.35. The average molecular weight is 459 g/mol. The van der Waals surface area contributed by atoms with Gasteiger partial charge in [-0.25, -0.2) is 9.59 Å². The summed E-state index contributed by atoms with van der Waals surface area (Å²) in [7, 11) is 0. The molecule has 32 heavy (non-hydrogen) atoms.